The third kappa shape index (κ3) is 4.64. The molecule has 5 rings (SSSR count). The van der Waals surface area contributed by atoms with Crippen LogP contribution in [-0.2, 0) is 14.8 Å². The number of ether oxygens (including phenoxy) is 1. The zero-order chi connectivity index (χ0) is 26.0. The van der Waals surface area contributed by atoms with Crippen molar-refractivity contribution < 1.29 is 17.9 Å². The molecule has 0 radical (unpaired) electrons. The molecule has 10 heteroatoms. The molecule has 9 nitrogen and oxygen atoms in total. The van der Waals surface area contributed by atoms with Crippen molar-refractivity contribution in [3.8, 4) is 11.8 Å². The molecule has 1 aliphatic rings. The van der Waals surface area contributed by atoms with Gasteiger partial charge in [0, 0.05) is 36.4 Å². The number of hydrogen-bond donors (Lipinski definition) is 3. The summed E-state index contributed by atoms with van der Waals surface area (Å²) in [6.45, 7) is 2.99. The van der Waals surface area contributed by atoms with Crippen LogP contribution in [0.5, 0.6) is 0 Å². The van der Waals surface area contributed by atoms with Crippen molar-refractivity contribution in [3.63, 3.8) is 0 Å². The Kier molecular flexibility index (Phi) is 6.38. The molecule has 0 spiro atoms. The molecule has 0 atom stereocenters. The van der Waals surface area contributed by atoms with Crippen molar-refractivity contribution in [2.24, 2.45) is 0 Å². The van der Waals surface area contributed by atoms with Gasteiger partial charge >= 0.3 is 5.97 Å². The van der Waals surface area contributed by atoms with Crippen LogP contribution < -0.4 is 15.4 Å². The molecule has 1 aliphatic heterocycles. The highest BCUT2D eigenvalue weighted by Crippen LogP contribution is 2.31. The molecule has 4 aromatic rings. The maximum Gasteiger partial charge on any atom is 0.358 e. The van der Waals surface area contributed by atoms with Crippen LogP contribution in [0.15, 0.2) is 65.8 Å². The smallest absolute Gasteiger partial charge is 0.358 e. The third-order valence-corrected chi connectivity index (χ3v) is 7.42. The van der Waals surface area contributed by atoms with Crippen LogP contribution in [0.25, 0.3) is 10.9 Å². The van der Waals surface area contributed by atoms with Crippen molar-refractivity contribution in [2.45, 2.75) is 11.8 Å². The SMILES string of the molecule is COC(=O)c1ncc(C#Cc2ccccc2NS(=O)(=O)c2c(C)ccc3cccnc23)c2c1NCCN2. The number of methoxy groups -OCH3 is 1. The molecule has 3 heterocycles. The summed E-state index contributed by atoms with van der Waals surface area (Å²) in [5.74, 6) is 5.57. The molecule has 37 heavy (non-hydrogen) atoms. The van der Waals surface area contributed by atoms with Gasteiger partial charge in [0.1, 0.15) is 4.90 Å². The molecule has 0 bridgehead atoms. The molecule has 0 amide bonds. The number of hydrogen-bond acceptors (Lipinski definition) is 8. The largest absolute Gasteiger partial charge is 0.464 e. The first-order valence-corrected chi connectivity index (χ1v) is 12.9. The summed E-state index contributed by atoms with van der Waals surface area (Å²) in [5, 5.41) is 7.16. The van der Waals surface area contributed by atoms with Crippen LogP contribution >= 0.6 is 0 Å². The number of fused-ring (bicyclic) bond motifs is 2. The maximum atomic E-state index is 13.5. The predicted molar refractivity (Wildman–Crippen MR) is 142 cm³/mol. The summed E-state index contributed by atoms with van der Waals surface area (Å²) in [6, 6.07) is 14.1. The van der Waals surface area contributed by atoms with Crippen LogP contribution in [0.3, 0.4) is 0 Å². The molecular weight excluding hydrogens is 490 g/mol. The summed E-state index contributed by atoms with van der Waals surface area (Å²) in [6.07, 6.45) is 3.07. The third-order valence-electron chi connectivity index (χ3n) is 5.88. The Hall–Kier alpha value is -4.62. The molecule has 0 unspecified atom stereocenters. The lowest BCUT2D eigenvalue weighted by Crippen LogP contribution is -2.24. The minimum Gasteiger partial charge on any atom is -0.464 e. The number of aromatic nitrogens is 2. The number of pyridine rings is 2. The standard InChI is InChI=1S/C27H23N5O4S/c1-17-9-10-19-7-5-13-28-23(19)26(17)37(34,35)32-21-8-4-3-6-18(21)11-12-20-16-31-25(27(33)36-2)24-22(20)29-14-15-30-24/h3-10,13,16,29-30,32H,14-15H2,1-2H3. The lowest BCUT2D eigenvalue weighted by Gasteiger charge is -2.22. The first-order chi connectivity index (χ1) is 17.9. The van der Waals surface area contributed by atoms with Crippen molar-refractivity contribution in [1.29, 1.82) is 0 Å². The fourth-order valence-corrected chi connectivity index (χ4v) is 5.64. The molecule has 186 valence electrons. The van der Waals surface area contributed by atoms with Crippen LogP contribution in [0.4, 0.5) is 17.1 Å². The topological polar surface area (TPSA) is 122 Å². The Morgan fingerprint density at radius 1 is 0.973 bits per heavy atom. The van der Waals surface area contributed by atoms with Gasteiger partial charge in [-0.1, -0.05) is 42.2 Å². The summed E-state index contributed by atoms with van der Waals surface area (Å²) in [7, 11) is -2.68. The summed E-state index contributed by atoms with van der Waals surface area (Å²) < 4.78 is 34.5. The summed E-state index contributed by atoms with van der Waals surface area (Å²) in [5.41, 5.74) is 3.70. The number of sulfonamides is 1. The first kappa shape index (κ1) is 24.1. The lowest BCUT2D eigenvalue weighted by atomic mass is 10.1. The van der Waals surface area contributed by atoms with Gasteiger partial charge in [-0.05, 0) is 30.7 Å². The predicted octanol–water partition coefficient (Wildman–Crippen LogP) is 3.76. The molecule has 2 aromatic heterocycles. The van der Waals surface area contributed by atoms with Gasteiger partial charge in [0.2, 0.25) is 0 Å². The fourth-order valence-electron chi connectivity index (χ4n) is 4.16. The van der Waals surface area contributed by atoms with E-state index in [1.807, 2.05) is 12.1 Å². The first-order valence-electron chi connectivity index (χ1n) is 11.5. The summed E-state index contributed by atoms with van der Waals surface area (Å²) >= 11 is 0. The molecule has 3 N–H and O–H groups in total. The Labute approximate surface area is 214 Å². The molecule has 0 aliphatic carbocycles. The second-order valence-electron chi connectivity index (χ2n) is 8.30. The van der Waals surface area contributed by atoms with Gasteiger partial charge in [-0.3, -0.25) is 9.71 Å². The minimum absolute atomic E-state index is 0.125. The number of para-hydroxylation sites is 1. The van der Waals surface area contributed by atoms with Crippen molar-refractivity contribution in [2.75, 3.05) is 35.6 Å². The van der Waals surface area contributed by atoms with Crippen molar-refractivity contribution in [3.05, 3.63) is 83.3 Å². The highest BCUT2D eigenvalue weighted by Gasteiger charge is 2.23. The number of anilines is 3. The zero-order valence-electron chi connectivity index (χ0n) is 20.1. The minimum atomic E-state index is -3.97. The average molecular weight is 514 g/mol. The van der Waals surface area contributed by atoms with Crippen LogP contribution in [0, 0.1) is 18.8 Å². The van der Waals surface area contributed by atoms with Gasteiger partial charge in [0.15, 0.2) is 5.69 Å². The lowest BCUT2D eigenvalue weighted by molar-refractivity contribution is 0.0595. The van der Waals surface area contributed by atoms with Crippen LogP contribution in [-0.4, -0.2) is 44.6 Å². The molecular formula is C27H23N5O4S. The highest BCUT2D eigenvalue weighted by molar-refractivity contribution is 7.93. The second-order valence-corrected chi connectivity index (χ2v) is 9.92. The quantitative estimate of drug-likeness (QED) is 0.279. The van der Waals surface area contributed by atoms with E-state index in [1.165, 1.54) is 13.3 Å². The van der Waals surface area contributed by atoms with Gasteiger partial charge in [0.25, 0.3) is 10.0 Å². The van der Waals surface area contributed by atoms with Crippen LogP contribution in [0.2, 0.25) is 0 Å². The zero-order valence-corrected chi connectivity index (χ0v) is 20.9. The van der Waals surface area contributed by atoms with Gasteiger partial charge in [-0.25, -0.2) is 18.2 Å². The van der Waals surface area contributed by atoms with Crippen molar-refractivity contribution >= 4 is 44.0 Å². The van der Waals surface area contributed by atoms with Gasteiger partial charge in [-0.15, -0.1) is 0 Å². The van der Waals surface area contributed by atoms with Crippen molar-refractivity contribution in [1.82, 2.24) is 9.97 Å². The van der Waals surface area contributed by atoms with E-state index in [0.29, 0.717) is 52.4 Å². The number of aryl methyl sites for hydroxylation is 1. The summed E-state index contributed by atoms with van der Waals surface area (Å²) in [4.78, 5) is 20.8. The highest BCUT2D eigenvalue weighted by atomic mass is 32.2. The van der Waals surface area contributed by atoms with E-state index in [9.17, 15) is 13.2 Å². The van der Waals surface area contributed by atoms with Gasteiger partial charge in [0.05, 0.1) is 35.3 Å². The Morgan fingerprint density at radius 2 is 1.73 bits per heavy atom. The van der Waals surface area contributed by atoms with Crippen LogP contribution in [0.1, 0.15) is 27.2 Å². The number of nitrogens with one attached hydrogen (secondary N) is 3. The van der Waals surface area contributed by atoms with E-state index in [4.69, 9.17) is 4.74 Å². The molecule has 0 saturated carbocycles. The molecule has 2 aromatic carbocycles. The Bertz CT molecular complexity index is 1710. The van der Waals surface area contributed by atoms with E-state index >= 15 is 0 Å². The normalized spacial score (nSPS) is 12.4. The number of carbonyl (C=O) groups excluding carboxylic acids is 1. The average Bonchev–Trinajstić information content (AvgIpc) is 2.91. The van der Waals surface area contributed by atoms with E-state index in [-0.39, 0.29) is 10.6 Å². The Morgan fingerprint density at radius 3 is 2.54 bits per heavy atom. The maximum absolute atomic E-state index is 13.5. The number of esters is 1. The van der Waals surface area contributed by atoms with Gasteiger partial charge in [-0.2, -0.15) is 0 Å². The van der Waals surface area contributed by atoms with E-state index < -0.39 is 16.0 Å². The van der Waals surface area contributed by atoms with E-state index in [0.717, 1.165) is 5.39 Å². The monoisotopic (exact) mass is 513 g/mol. The molecule has 0 saturated heterocycles. The fraction of sp³-hybridized carbons (Fsp3) is 0.148. The number of nitrogens with zero attached hydrogens (tertiary/aromatic N) is 2. The second kappa shape index (κ2) is 9.79. The number of carbonyl (C=O) groups is 1. The Balaban J connectivity index is 1.53. The van der Waals surface area contributed by atoms with E-state index in [1.54, 1.807) is 49.5 Å². The number of benzene rings is 2. The van der Waals surface area contributed by atoms with E-state index in [2.05, 4.69) is 37.2 Å². The molecule has 0 fully saturated rings. The van der Waals surface area contributed by atoms with Gasteiger partial charge < -0.3 is 15.4 Å². The number of rotatable bonds is 4.